The Morgan fingerprint density at radius 1 is 1.62 bits per heavy atom. The van der Waals surface area contributed by atoms with Crippen LogP contribution in [0.1, 0.15) is 12.8 Å². The minimum Gasteiger partial charge on any atom is -0.318 e. The lowest BCUT2D eigenvalue weighted by Crippen LogP contribution is -2.47. The first kappa shape index (κ1) is 11.3. The summed E-state index contributed by atoms with van der Waals surface area (Å²) in [5, 5.41) is 1.89. The lowest BCUT2D eigenvalue weighted by molar-refractivity contribution is -0.176. The van der Waals surface area contributed by atoms with E-state index in [1.54, 1.807) is 0 Å². The fourth-order valence-corrected chi connectivity index (χ4v) is 1.78. The molecule has 1 saturated heterocycles. The Hall–Kier alpha value is 0.220. The Bertz CT molecular complexity index is 148. The summed E-state index contributed by atoms with van der Waals surface area (Å²) in [6, 6.07) is 0. The first-order valence-corrected chi connectivity index (χ1v) is 5.32. The van der Waals surface area contributed by atoms with E-state index in [0.717, 1.165) is 13.0 Å². The monoisotopic (exact) mass is 258 g/mol. The van der Waals surface area contributed by atoms with E-state index >= 15 is 0 Å². The predicted octanol–water partition coefficient (Wildman–Crippen LogP) is 1.55. The molecule has 78 valence electrons. The molecule has 0 aliphatic carbocycles. The number of hydrazine groups is 1. The number of piperidine rings is 1. The molecule has 0 aromatic rings. The molecule has 0 amide bonds. The zero-order valence-electron chi connectivity index (χ0n) is 7.18. The smallest absolute Gasteiger partial charge is 0.318 e. The largest absolute Gasteiger partial charge is 0.345 e. The van der Waals surface area contributed by atoms with Crippen molar-refractivity contribution in [1.29, 1.82) is 0 Å². The standard InChI is InChI=1S/C7H13BrF2N2O/c8-5-11-12-3-1-2-6(4-12)13-7(9)10/h6-7,11H,1-5H2. The predicted molar refractivity (Wildman–Crippen MR) is 48.6 cm³/mol. The molecular weight excluding hydrogens is 246 g/mol. The van der Waals surface area contributed by atoms with Crippen molar-refractivity contribution >= 4 is 15.9 Å². The van der Waals surface area contributed by atoms with Crippen molar-refractivity contribution in [3.05, 3.63) is 0 Å². The number of halogens is 3. The van der Waals surface area contributed by atoms with Crippen molar-refractivity contribution in [2.24, 2.45) is 0 Å². The van der Waals surface area contributed by atoms with Gasteiger partial charge in [-0.2, -0.15) is 8.78 Å². The second-order valence-electron chi connectivity index (χ2n) is 2.90. The molecular formula is C7H13BrF2N2O. The minimum absolute atomic E-state index is 0.347. The number of nitrogens with one attached hydrogen (secondary N) is 1. The van der Waals surface area contributed by atoms with Crippen LogP contribution in [-0.4, -0.2) is 36.3 Å². The van der Waals surface area contributed by atoms with Crippen molar-refractivity contribution in [3.63, 3.8) is 0 Å². The Morgan fingerprint density at radius 3 is 3.00 bits per heavy atom. The van der Waals surface area contributed by atoms with Crippen LogP contribution in [0.5, 0.6) is 0 Å². The van der Waals surface area contributed by atoms with Gasteiger partial charge in [0.1, 0.15) is 0 Å². The molecule has 1 aliphatic rings. The van der Waals surface area contributed by atoms with Gasteiger partial charge in [-0.05, 0) is 12.8 Å². The average Bonchev–Trinajstić information content (AvgIpc) is 2.04. The van der Waals surface area contributed by atoms with E-state index < -0.39 is 6.61 Å². The lowest BCUT2D eigenvalue weighted by atomic mass is 10.1. The summed E-state index contributed by atoms with van der Waals surface area (Å²) in [6.45, 7) is -1.25. The zero-order chi connectivity index (χ0) is 9.68. The van der Waals surface area contributed by atoms with Crippen LogP contribution < -0.4 is 5.43 Å². The van der Waals surface area contributed by atoms with Crippen LogP contribution in [0.3, 0.4) is 0 Å². The fourth-order valence-electron chi connectivity index (χ4n) is 1.42. The molecule has 0 aromatic heterocycles. The number of rotatable bonds is 4. The highest BCUT2D eigenvalue weighted by Crippen LogP contribution is 2.14. The maximum atomic E-state index is 11.9. The van der Waals surface area contributed by atoms with E-state index in [0.29, 0.717) is 18.4 Å². The van der Waals surface area contributed by atoms with Crippen molar-refractivity contribution < 1.29 is 13.5 Å². The quantitative estimate of drug-likeness (QED) is 0.612. The third kappa shape index (κ3) is 4.30. The molecule has 0 spiro atoms. The number of ether oxygens (including phenoxy) is 1. The molecule has 0 bridgehead atoms. The molecule has 1 fully saturated rings. The van der Waals surface area contributed by atoms with E-state index in [-0.39, 0.29) is 6.10 Å². The summed E-state index contributed by atoms with van der Waals surface area (Å²) in [4.78, 5) is 0. The van der Waals surface area contributed by atoms with Gasteiger partial charge in [-0.15, -0.1) is 0 Å². The molecule has 13 heavy (non-hydrogen) atoms. The molecule has 6 heteroatoms. The molecule has 1 aliphatic heterocycles. The maximum absolute atomic E-state index is 11.9. The van der Waals surface area contributed by atoms with Gasteiger partial charge in [0.25, 0.3) is 0 Å². The summed E-state index contributed by atoms with van der Waals surface area (Å²) in [5.41, 5.74) is 3.65. The van der Waals surface area contributed by atoms with Crippen molar-refractivity contribution in [1.82, 2.24) is 10.4 Å². The van der Waals surface area contributed by atoms with Crippen molar-refractivity contribution in [2.75, 3.05) is 18.5 Å². The number of hydrogen-bond acceptors (Lipinski definition) is 3. The van der Waals surface area contributed by atoms with Gasteiger partial charge in [0.2, 0.25) is 0 Å². The highest BCUT2D eigenvalue weighted by molar-refractivity contribution is 9.09. The average molecular weight is 259 g/mol. The Balaban J connectivity index is 2.24. The number of alkyl halides is 3. The van der Waals surface area contributed by atoms with Gasteiger partial charge in [-0.3, -0.25) is 0 Å². The normalized spacial score (nSPS) is 25.4. The first-order valence-electron chi connectivity index (χ1n) is 4.20. The topological polar surface area (TPSA) is 24.5 Å². The minimum atomic E-state index is -2.66. The molecule has 1 atom stereocenters. The van der Waals surface area contributed by atoms with E-state index in [4.69, 9.17) is 0 Å². The van der Waals surface area contributed by atoms with E-state index in [1.165, 1.54) is 0 Å². The summed E-state index contributed by atoms with van der Waals surface area (Å²) in [7, 11) is 0. The second kappa shape index (κ2) is 5.85. The fraction of sp³-hybridized carbons (Fsp3) is 1.00. The molecule has 1 heterocycles. The van der Waals surface area contributed by atoms with Crippen molar-refractivity contribution in [2.45, 2.75) is 25.6 Å². The third-order valence-corrected chi connectivity index (χ3v) is 2.21. The van der Waals surface area contributed by atoms with Gasteiger partial charge in [0, 0.05) is 13.1 Å². The summed E-state index contributed by atoms with van der Waals surface area (Å²) in [5.74, 6) is 0. The Morgan fingerprint density at radius 2 is 2.38 bits per heavy atom. The third-order valence-electron chi connectivity index (χ3n) is 1.96. The molecule has 0 aromatic carbocycles. The van der Waals surface area contributed by atoms with Crippen LogP contribution in [-0.2, 0) is 4.74 Å². The summed E-state index contributed by atoms with van der Waals surface area (Å²) < 4.78 is 28.2. The van der Waals surface area contributed by atoms with Crippen LogP contribution in [0.2, 0.25) is 0 Å². The maximum Gasteiger partial charge on any atom is 0.345 e. The Kier molecular flexibility index (Phi) is 5.08. The van der Waals surface area contributed by atoms with Crippen LogP contribution in [0, 0.1) is 0 Å². The van der Waals surface area contributed by atoms with Crippen LogP contribution in [0.4, 0.5) is 8.78 Å². The van der Waals surface area contributed by atoms with Gasteiger partial charge >= 0.3 is 6.61 Å². The number of hydrogen-bond donors (Lipinski definition) is 1. The zero-order valence-corrected chi connectivity index (χ0v) is 8.77. The molecule has 0 radical (unpaired) electrons. The van der Waals surface area contributed by atoms with E-state index in [1.807, 2.05) is 5.01 Å². The van der Waals surface area contributed by atoms with Gasteiger partial charge in [0.15, 0.2) is 0 Å². The highest BCUT2D eigenvalue weighted by Gasteiger charge is 2.22. The highest BCUT2D eigenvalue weighted by atomic mass is 79.9. The van der Waals surface area contributed by atoms with Crippen LogP contribution >= 0.6 is 15.9 Å². The van der Waals surface area contributed by atoms with Gasteiger partial charge in [0.05, 0.1) is 11.6 Å². The SMILES string of the molecule is FC(F)OC1CCCN(NCBr)C1. The molecule has 3 nitrogen and oxygen atoms in total. The molecule has 1 N–H and O–H groups in total. The molecule has 1 unspecified atom stereocenters. The van der Waals surface area contributed by atoms with E-state index in [2.05, 4.69) is 26.1 Å². The van der Waals surface area contributed by atoms with Gasteiger partial charge in [-0.1, -0.05) is 15.9 Å². The summed E-state index contributed by atoms with van der Waals surface area (Å²) >= 11 is 3.21. The molecule has 1 rings (SSSR count). The van der Waals surface area contributed by atoms with Gasteiger partial charge in [-0.25, -0.2) is 10.4 Å². The molecule has 0 saturated carbocycles. The summed E-state index contributed by atoms with van der Waals surface area (Å²) in [6.07, 6.45) is 1.25. The first-order chi connectivity index (χ1) is 6.22. The lowest BCUT2D eigenvalue weighted by Gasteiger charge is -2.31. The number of nitrogens with zero attached hydrogens (tertiary/aromatic N) is 1. The van der Waals surface area contributed by atoms with Crippen LogP contribution in [0.25, 0.3) is 0 Å². The second-order valence-corrected chi connectivity index (χ2v) is 3.46. The van der Waals surface area contributed by atoms with Crippen LogP contribution in [0.15, 0.2) is 0 Å². The van der Waals surface area contributed by atoms with Crippen molar-refractivity contribution in [3.8, 4) is 0 Å². The Labute approximate surface area is 84.5 Å². The van der Waals surface area contributed by atoms with Gasteiger partial charge < -0.3 is 4.74 Å². The van der Waals surface area contributed by atoms with E-state index in [9.17, 15) is 8.78 Å².